The zero-order valence-corrected chi connectivity index (χ0v) is 12.8. The van der Waals surface area contributed by atoms with Crippen LogP contribution in [0, 0.1) is 0 Å². The van der Waals surface area contributed by atoms with Gasteiger partial charge < -0.3 is 0 Å². The van der Waals surface area contributed by atoms with Gasteiger partial charge in [-0.25, -0.2) is 9.37 Å². The third kappa shape index (κ3) is 2.43. The molecule has 0 saturated heterocycles. The van der Waals surface area contributed by atoms with Crippen molar-refractivity contribution in [2.75, 3.05) is 0 Å². The van der Waals surface area contributed by atoms with Crippen LogP contribution in [-0.4, -0.2) is 9.97 Å². The van der Waals surface area contributed by atoms with Crippen LogP contribution in [0.5, 0.6) is 0 Å². The van der Waals surface area contributed by atoms with Gasteiger partial charge in [0.25, 0.3) is 0 Å². The highest BCUT2D eigenvalue weighted by Gasteiger charge is 2.39. The van der Waals surface area contributed by atoms with Crippen molar-refractivity contribution in [3.8, 4) is 0 Å². The van der Waals surface area contributed by atoms with Gasteiger partial charge in [0.2, 0.25) is 0 Å². The molecule has 1 aliphatic carbocycles. The first-order valence-corrected chi connectivity index (χ1v) is 6.86. The van der Waals surface area contributed by atoms with E-state index in [-0.39, 0.29) is 16.7 Å². The molecule has 19 heavy (non-hydrogen) atoms. The van der Waals surface area contributed by atoms with Crippen molar-refractivity contribution in [1.82, 2.24) is 9.97 Å². The minimum Gasteiger partial charge on any atom is -0.257 e. The predicted molar refractivity (Wildman–Crippen MR) is 76.7 cm³/mol. The summed E-state index contributed by atoms with van der Waals surface area (Å²) >= 11 is 0. The normalized spacial score (nSPS) is 21.6. The molecule has 0 unspecified atom stereocenters. The van der Waals surface area contributed by atoms with Crippen LogP contribution in [0.2, 0.25) is 0 Å². The molecule has 0 atom stereocenters. The molecule has 0 bridgehead atoms. The Morgan fingerprint density at radius 1 is 1.05 bits per heavy atom. The van der Waals surface area contributed by atoms with Gasteiger partial charge in [-0.15, -0.1) is 0 Å². The molecule has 2 nitrogen and oxygen atoms in total. The Morgan fingerprint density at radius 3 is 2.11 bits per heavy atom. The summed E-state index contributed by atoms with van der Waals surface area (Å²) in [5, 5.41) is 0. The number of hydrogen-bond donors (Lipinski definition) is 0. The van der Waals surface area contributed by atoms with Crippen molar-refractivity contribution in [3.63, 3.8) is 0 Å². The SMILES string of the molecule is C/C(F)=C(\C)c1cnc2c(n1)C(C)(C)CCC2(C)C. The largest absolute Gasteiger partial charge is 0.257 e. The number of halogens is 1. The summed E-state index contributed by atoms with van der Waals surface area (Å²) in [5.41, 5.74) is 3.40. The lowest BCUT2D eigenvalue weighted by Gasteiger charge is -2.39. The van der Waals surface area contributed by atoms with E-state index in [1.54, 1.807) is 13.1 Å². The lowest BCUT2D eigenvalue weighted by molar-refractivity contribution is 0.314. The lowest BCUT2D eigenvalue weighted by Crippen LogP contribution is -2.36. The van der Waals surface area contributed by atoms with E-state index < -0.39 is 0 Å². The van der Waals surface area contributed by atoms with Crippen LogP contribution in [0.4, 0.5) is 4.39 Å². The number of hydrogen-bond acceptors (Lipinski definition) is 2. The zero-order valence-electron chi connectivity index (χ0n) is 12.8. The summed E-state index contributed by atoms with van der Waals surface area (Å²) in [6.45, 7) is 12.0. The fourth-order valence-electron chi connectivity index (χ4n) is 2.58. The van der Waals surface area contributed by atoms with Gasteiger partial charge in [-0.2, -0.15) is 0 Å². The molecule has 0 N–H and O–H groups in total. The van der Waals surface area contributed by atoms with Crippen LogP contribution in [0.15, 0.2) is 12.0 Å². The minimum absolute atomic E-state index is 0.0123. The lowest BCUT2D eigenvalue weighted by atomic mass is 9.67. The maximum Gasteiger partial charge on any atom is 0.102 e. The number of rotatable bonds is 1. The van der Waals surface area contributed by atoms with E-state index in [0.29, 0.717) is 11.3 Å². The third-order valence-electron chi connectivity index (χ3n) is 4.33. The van der Waals surface area contributed by atoms with Crippen LogP contribution < -0.4 is 0 Å². The molecule has 1 heterocycles. The van der Waals surface area contributed by atoms with Crippen LogP contribution in [0.25, 0.3) is 5.57 Å². The maximum absolute atomic E-state index is 13.4. The van der Waals surface area contributed by atoms with E-state index >= 15 is 0 Å². The summed E-state index contributed by atoms with van der Waals surface area (Å²) in [4.78, 5) is 9.33. The second-order valence-electron chi connectivity index (χ2n) is 6.88. The Balaban J connectivity index is 2.63. The van der Waals surface area contributed by atoms with Crippen molar-refractivity contribution in [3.05, 3.63) is 29.1 Å². The zero-order chi connectivity index (χ0) is 14.4. The number of nitrogens with zero attached hydrogens (tertiary/aromatic N) is 2. The first-order chi connectivity index (χ1) is 8.65. The Kier molecular flexibility index (Phi) is 3.28. The molecule has 0 saturated carbocycles. The van der Waals surface area contributed by atoms with Gasteiger partial charge in [0.15, 0.2) is 0 Å². The van der Waals surface area contributed by atoms with Crippen molar-refractivity contribution in [2.24, 2.45) is 0 Å². The Hall–Kier alpha value is -1.25. The molecule has 3 heteroatoms. The average Bonchev–Trinajstić information content (AvgIpc) is 2.33. The highest BCUT2D eigenvalue weighted by molar-refractivity contribution is 5.61. The fraction of sp³-hybridized carbons (Fsp3) is 0.625. The monoisotopic (exact) mass is 262 g/mol. The van der Waals surface area contributed by atoms with Crippen molar-refractivity contribution in [2.45, 2.75) is 65.2 Å². The van der Waals surface area contributed by atoms with Gasteiger partial charge in [-0.3, -0.25) is 4.98 Å². The first kappa shape index (κ1) is 14.2. The molecular formula is C16H23FN2. The van der Waals surface area contributed by atoms with Gasteiger partial charge in [0, 0.05) is 16.4 Å². The Bertz CT molecular complexity index is 538. The van der Waals surface area contributed by atoms with E-state index in [1.807, 2.05) is 0 Å². The molecule has 1 aromatic heterocycles. The molecule has 0 fully saturated rings. The summed E-state index contributed by atoms with van der Waals surface area (Å²) in [6, 6.07) is 0. The highest BCUT2D eigenvalue weighted by Crippen LogP contribution is 2.44. The Morgan fingerprint density at radius 2 is 1.58 bits per heavy atom. The highest BCUT2D eigenvalue weighted by atomic mass is 19.1. The van der Waals surface area contributed by atoms with Gasteiger partial charge in [0.1, 0.15) is 5.83 Å². The molecule has 104 valence electrons. The molecule has 1 aliphatic rings. The molecule has 2 rings (SSSR count). The fourth-order valence-corrected chi connectivity index (χ4v) is 2.58. The minimum atomic E-state index is -0.192. The number of allylic oxidation sites excluding steroid dienone is 2. The van der Waals surface area contributed by atoms with E-state index in [4.69, 9.17) is 4.98 Å². The van der Waals surface area contributed by atoms with Crippen molar-refractivity contribution >= 4 is 5.57 Å². The summed E-state index contributed by atoms with van der Waals surface area (Å²) in [7, 11) is 0. The predicted octanol–water partition coefficient (Wildman–Crippen LogP) is 4.55. The first-order valence-electron chi connectivity index (χ1n) is 6.86. The molecule has 0 spiro atoms. The van der Waals surface area contributed by atoms with E-state index in [2.05, 4.69) is 32.7 Å². The van der Waals surface area contributed by atoms with Gasteiger partial charge >= 0.3 is 0 Å². The Labute approximate surface area is 115 Å². The van der Waals surface area contributed by atoms with Crippen LogP contribution in [-0.2, 0) is 10.8 Å². The standard InChI is InChI=1S/C16H23FN2/c1-10(11(2)17)12-9-18-13-14(19-12)16(5,6)8-7-15(13,3)4/h9H,7-8H2,1-6H3/b11-10-. The van der Waals surface area contributed by atoms with E-state index in [1.165, 1.54) is 6.92 Å². The summed E-state index contributed by atoms with van der Waals surface area (Å²) < 4.78 is 13.4. The third-order valence-corrected chi connectivity index (χ3v) is 4.33. The molecular weight excluding hydrogens is 239 g/mol. The van der Waals surface area contributed by atoms with Crippen molar-refractivity contribution in [1.29, 1.82) is 0 Å². The summed E-state index contributed by atoms with van der Waals surface area (Å²) in [5.74, 6) is -0.192. The number of fused-ring (bicyclic) bond motifs is 1. The maximum atomic E-state index is 13.4. The smallest absolute Gasteiger partial charge is 0.102 e. The summed E-state index contributed by atoms with van der Waals surface area (Å²) in [6.07, 6.45) is 3.90. The molecule has 0 aliphatic heterocycles. The topological polar surface area (TPSA) is 25.8 Å². The van der Waals surface area contributed by atoms with Crippen LogP contribution >= 0.6 is 0 Å². The molecule has 0 aromatic carbocycles. The molecule has 1 aromatic rings. The molecule has 0 amide bonds. The van der Waals surface area contributed by atoms with E-state index in [9.17, 15) is 4.39 Å². The second kappa shape index (κ2) is 4.39. The molecule has 0 radical (unpaired) electrons. The number of aromatic nitrogens is 2. The quantitative estimate of drug-likeness (QED) is 0.742. The second-order valence-corrected chi connectivity index (χ2v) is 6.88. The van der Waals surface area contributed by atoms with Crippen LogP contribution in [0.1, 0.15) is 71.5 Å². The van der Waals surface area contributed by atoms with Gasteiger partial charge in [-0.1, -0.05) is 27.7 Å². The van der Waals surface area contributed by atoms with Gasteiger partial charge in [-0.05, 0) is 26.7 Å². The van der Waals surface area contributed by atoms with Gasteiger partial charge in [0.05, 0.1) is 23.3 Å². The average molecular weight is 262 g/mol. The van der Waals surface area contributed by atoms with Crippen LogP contribution in [0.3, 0.4) is 0 Å². The van der Waals surface area contributed by atoms with E-state index in [0.717, 1.165) is 24.2 Å². The van der Waals surface area contributed by atoms with Crippen molar-refractivity contribution < 1.29 is 4.39 Å².